The summed E-state index contributed by atoms with van der Waals surface area (Å²) < 4.78 is 7.05. The number of amides is 2. The smallest absolute Gasteiger partial charge is 0.317 e. The van der Waals surface area contributed by atoms with Crippen molar-refractivity contribution in [2.24, 2.45) is 5.92 Å². The van der Waals surface area contributed by atoms with Crippen LogP contribution in [0.5, 0.6) is 5.75 Å². The van der Waals surface area contributed by atoms with E-state index < -0.39 is 0 Å². The van der Waals surface area contributed by atoms with Gasteiger partial charge in [-0.15, -0.1) is 0 Å². The highest BCUT2D eigenvalue weighted by molar-refractivity contribution is 5.74. The molecule has 2 aromatic rings. The van der Waals surface area contributed by atoms with E-state index in [-0.39, 0.29) is 17.5 Å². The van der Waals surface area contributed by atoms with E-state index in [9.17, 15) is 9.59 Å². The van der Waals surface area contributed by atoms with E-state index in [1.165, 1.54) is 5.56 Å². The normalized spacial score (nSPS) is 20.7. The molecule has 3 heterocycles. The van der Waals surface area contributed by atoms with E-state index >= 15 is 0 Å². The number of piperidine rings is 1. The third kappa shape index (κ3) is 3.70. The first-order chi connectivity index (χ1) is 13.1. The Bertz CT molecular complexity index is 875. The Morgan fingerprint density at radius 2 is 1.96 bits per heavy atom. The van der Waals surface area contributed by atoms with E-state index in [0.29, 0.717) is 32.1 Å². The van der Waals surface area contributed by atoms with Gasteiger partial charge in [0, 0.05) is 43.9 Å². The van der Waals surface area contributed by atoms with Crippen LogP contribution in [0.4, 0.5) is 4.79 Å². The Morgan fingerprint density at radius 3 is 2.74 bits per heavy atom. The second kappa shape index (κ2) is 7.47. The lowest BCUT2D eigenvalue weighted by molar-refractivity contribution is 0.131. The fraction of sp³-hybridized carbons (Fsp3) is 0.429. The molecule has 0 spiro atoms. The van der Waals surface area contributed by atoms with E-state index in [1.54, 1.807) is 13.2 Å². The SMILES string of the molecule is COc1ccc(CCNC(=O)N2C[C@H]3C[C@@H](C2)c2cccc(=O)n2C3)cc1. The molecule has 2 aliphatic rings. The minimum atomic E-state index is -0.00932. The summed E-state index contributed by atoms with van der Waals surface area (Å²) in [6.07, 6.45) is 1.84. The first-order valence-corrected chi connectivity index (χ1v) is 9.49. The summed E-state index contributed by atoms with van der Waals surface area (Å²) in [4.78, 5) is 26.6. The van der Waals surface area contributed by atoms with Gasteiger partial charge in [-0.25, -0.2) is 4.79 Å². The van der Waals surface area contributed by atoms with E-state index in [2.05, 4.69) is 5.32 Å². The molecule has 6 nitrogen and oxygen atoms in total. The molecule has 1 saturated heterocycles. The molecule has 2 aliphatic heterocycles. The van der Waals surface area contributed by atoms with Gasteiger partial charge in [0.15, 0.2) is 0 Å². The van der Waals surface area contributed by atoms with Gasteiger partial charge >= 0.3 is 6.03 Å². The van der Waals surface area contributed by atoms with Crippen LogP contribution in [-0.4, -0.2) is 42.2 Å². The molecule has 1 aromatic heterocycles. The molecule has 2 bridgehead atoms. The van der Waals surface area contributed by atoms with Crippen LogP contribution in [0.15, 0.2) is 47.3 Å². The summed E-state index contributed by atoms with van der Waals surface area (Å²) in [5, 5.41) is 3.04. The number of likely N-dealkylation sites (tertiary alicyclic amines) is 1. The topological polar surface area (TPSA) is 63.6 Å². The van der Waals surface area contributed by atoms with Crippen molar-refractivity contribution < 1.29 is 9.53 Å². The number of nitrogens with zero attached hydrogens (tertiary/aromatic N) is 2. The molecule has 0 saturated carbocycles. The van der Waals surface area contributed by atoms with Crippen molar-refractivity contribution in [1.29, 1.82) is 0 Å². The third-order valence-corrected chi connectivity index (χ3v) is 5.62. The van der Waals surface area contributed by atoms with Crippen LogP contribution in [-0.2, 0) is 13.0 Å². The molecule has 6 heteroatoms. The summed E-state index contributed by atoms with van der Waals surface area (Å²) in [5.41, 5.74) is 2.30. The van der Waals surface area contributed by atoms with Crippen molar-refractivity contribution in [1.82, 2.24) is 14.8 Å². The molecule has 27 heavy (non-hydrogen) atoms. The second-order valence-corrected chi connectivity index (χ2v) is 7.43. The number of nitrogens with one attached hydrogen (secondary N) is 1. The van der Waals surface area contributed by atoms with Gasteiger partial charge in [0.25, 0.3) is 5.56 Å². The molecule has 142 valence electrons. The lowest BCUT2D eigenvalue weighted by Crippen LogP contribution is -2.52. The zero-order chi connectivity index (χ0) is 18.8. The Kier molecular flexibility index (Phi) is 4.88. The number of hydrogen-bond acceptors (Lipinski definition) is 3. The van der Waals surface area contributed by atoms with E-state index in [0.717, 1.165) is 24.3 Å². The van der Waals surface area contributed by atoms with Crippen LogP contribution in [0.1, 0.15) is 23.6 Å². The number of ether oxygens (including phenoxy) is 1. The maximum absolute atomic E-state index is 12.6. The van der Waals surface area contributed by atoms with Gasteiger partial charge in [0.05, 0.1) is 7.11 Å². The van der Waals surface area contributed by atoms with Crippen molar-refractivity contribution in [2.75, 3.05) is 26.7 Å². The number of carbonyl (C=O) groups is 1. The summed E-state index contributed by atoms with van der Waals surface area (Å²) in [5.74, 6) is 1.43. The van der Waals surface area contributed by atoms with Crippen LogP contribution in [0.25, 0.3) is 0 Å². The first kappa shape index (κ1) is 17.6. The maximum Gasteiger partial charge on any atom is 0.317 e. The van der Waals surface area contributed by atoms with Gasteiger partial charge < -0.3 is 19.5 Å². The molecule has 0 aliphatic carbocycles. The van der Waals surface area contributed by atoms with Gasteiger partial charge in [-0.1, -0.05) is 18.2 Å². The van der Waals surface area contributed by atoms with E-state index in [1.807, 2.05) is 45.9 Å². The number of urea groups is 1. The Labute approximate surface area is 158 Å². The molecule has 0 radical (unpaired) electrons. The number of carbonyl (C=O) groups excluding carboxylic acids is 1. The highest BCUT2D eigenvalue weighted by atomic mass is 16.5. The van der Waals surface area contributed by atoms with Gasteiger partial charge in [0.1, 0.15) is 5.75 Å². The van der Waals surface area contributed by atoms with Crippen molar-refractivity contribution in [3.05, 3.63) is 64.1 Å². The monoisotopic (exact) mass is 367 g/mol. The molecular weight excluding hydrogens is 342 g/mol. The summed E-state index contributed by atoms with van der Waals surface area (Å²) in [6.45, 7) is 2.70. The molecule has 2 atom stereocenters. The molecule has 1 fully saturated rings. The quantitative estimate of drug-likeness (QED) is 0.901. The van der Waals surface area contributed by atoms with Gasteiger partial charge in [0.2, 0.25) is 0 Å². The van der Waals surface area contributed by atoms with Gasteiger partial charge in [-0.2, -0.15) is 0 Å². The average molecular weight is 367 g/mol. The third-order valence-electron chi connectivity index (χ3n) is 5.62. The zero-order valence-corrected chi connectivity index (χ0v) is 15.6. The molecular formula is C21H25N3O3. The van der Waals surface area contributed by atoms with Crippen molar-refractivity contribution in [2.45, 2.75) is 25.3 Å². The predicted molar refractivity (Wildman–Crippen MR) is 103 cm³/mol. The fourth-order valence-corrected chi connectivity index (χ4v) is 4.28. The minimum Gasteiger partial charge on any atom is -0.497 e. The molecule has 4 rings (SSSR count). The number of hydrogen-bond donors (Lipinski definition) is 1. The molecule has 1 aromatic carbocycles. The number of fused-ring (bicyclic) bond motifs is 4. The standard InChI is InChI=1S/C21H25N3O3/c1-27-18-7-5-15(6-8-18)9-10-22-21(26)23-12-16-11-17(14-23)19-3-2-4-20(25)24(19)13-16/h2-8,16-17H,9-14H2,1H3,(H,22,26)/t16-,17+/m1/s1. The number of methoxy groups -OCH3 is 1. The minimum absolute atomic E-state index is 0.00932. The predicted octanol–water partition coefficient (Wildman–Crippen LogP) is 2.23. The van der Waals surface area contributed by atoms with Crippen molar-refractivity contribution >= 4 is 6.03 Å². The summed E-state index contributed by atoms with van der Waals surface area (Å²) >= 11 is 0. The lowest BCUT2D eigenvalue weighted by Gasteiger charge is -2.42. The summed E-state index contributed by atoms with van der Waals surface area (Å²) in [6, 6.07) is 13.4. The summed E-state index contributed by atoms with van der Waals surface area (Å²) in [7, 11) is 1.65. The van der Waals surface area contributed by atoms with Crippen LogP contribution < -0.4 is 15.6 Å². The van der Waals surface area contributed by atoms with E-state index in [4.69, 9.17) is 4.74 Å². The highest BCUT2D eigenvalue weighted by Crippen LogP contribution is 2.34. The number of benzene rings is 1. The number of rotatable bonds is 4. The Hall–Kier alpha value is -2.76. The Balaban J connectivity index is 1.34. The molecule has 0 unspecified atom stereocenters. The average Bonchev–Trinajstić information content (AvgIpc) is 2.69. The Morgan fingerprint density at radius 1 is 1.15 bits per heavy atom. The van der Waals surface area contributed by atoms with Gasteiger partial charge in [-0.3, -0.25) is 4.79 Å². The number of aromatic nitrogens is 1. The van der Waals surface area contributed by atoms with Crippen molar-refractivity contribution in [3.63, 3.8) is 0 Å². The maximum atomic E-state index is 12.6. The number of pyridine rings is 1. The van der Waals surface area contributed by atoms with Crippen LogP contribution in [0.2, 0.25) is 0 Å². The van der Waals surface area contributed by atoms with Crippen LogP contribution in [0.3, 0.4) is 0 Å². The largest absolute Gasteiger partial charge is 0.497 e. The zero-order valence-electron chi connectivity index (χ0n) is 15.6. The molecule has 2 amide bonds. The first-order valence-electron chi connectivity index (χ1n) is 9.49. The highest BCUT2D eigenvalue weighted by Gasteiger charge is 2.36. The second-order valence-electron chi connectivity index (χ2n) is 7.43. The van der Waals surface area contributed by atoms with Crippen molar-refractivity contribution in [3.8, 4) is 5.75 Å². The lowest BCUT2D eigenvalue weighted by atomic mass is 9.83. The van der Waals surface area contributed by atoms with Gasteiger partial charge in [-0.05, 0) is 42.5 Å². The fourth-order valence-electron chi connectivity index (χ4n) is 4.28. The van der Waals surface area contributed by atoms with Crippen LogP contribution in [0, 0.1) is 5.92 Å². The molecule has 1 N–H and O–H groups in total. The van der Waals surface area contributed by atoms with Crippen LogP contribution >= 0.6 is 0 Å².